The van der Waals surface area contributed by atoms with Crippen LogP contribution in [0.5, 0.6) is 0 Å². The fourth-order valence-corrected chi connectivity index (χ4v) is 3.44. The fourth-order valence-electron chi connectivity index (χ4n) is 3.44. The van der Waals surface area contributed by atoms with Crippen molar-refractivity contribution in [3.8, 4) is 16.9 Å². The molecule has 0 fully saturated rings. The molecule has 5 aromatic rings. The van der Waals surface area contributed by atoms with E-state index in [9.17, 15) is 13.6 Å². The predicted octanol–water partition coefficient (Wildman–Crippen LogP) is 4.01. The van der Waals surface area contributed by atoms with Crippen molar-refractivity contribution in [2.24, 2.45) is 0 Å². The molecule has 0 bridgehead atoms. The number of benzene rings is 2. The van der Waals surface area contributed by atoms with E-state index < -0.39 is 17.5 Å². The summed E-state index contributed by atoms with van der Waals surface area (Å²) >= 11 is 0. The molecule has 0 aliphatic heterocycles. The summed E-state index contributed by atoms with van der Waals surface area (Å²) in [7, 11) is 0. The molecule has 0 radical (unpaired) electrons. The first-order valence-electron chi connectivity index (χ1n) is 9.80. The third-order valence-electron chi connectivity index (χ3n) is 5.07. The molecule has 164 valence electrons. The molecular weight excluding hydrogens is 432 g/mol. The van der Waals surface area contributed by atoms with Gasteiger partial charge in [-0.2, -0.15) is 4.68 Å². The van der Waals surface area contributed by atoms with Gasteiger partial charge in [-0.1, -0.05) is 5.16 Å². The fraction of sp³-hybridized carbons (Fsp3) is 0.0909. The van der Waals surface area contributed by atoms with Gasteiger partial charge in [0, 0.05) is 5.56 Å². The van der Waals surface area contributed by atoms with Crippen LogP contribution in [0.15, 0.2) is 53.1 Å². The van der Waals surface area contributed by atoms with Gasteiger partial charge >= 0.3 is 0 Å². The molecule has 0 saturated carbocycles. The number of carbonyl (C=O) groups excluding carboxylic acids is 1. The molecule has 0 spiro atoms. The zero-order chi connectivity index (χ0) is 23.1. The summed E-state index contributed by atoms with van der Waals surface area (Å²) in [6, 6.07) is 11.3. The first-order chi connectivity index (χ1) is 15.9. The van der Waals surface area contributed by atoms with Crippen molar-refractivity contribution in [3.63, 3.8) is 0 Å². The molecule has 5 rings (SSSR count). The number of nitrogens with zero attached hydrogens (tertiary/aromatic N) is 6. The molecule has 9 nitrogen and oxygen atoms in total. The minimum absolute atomic E-state index is 0.0604. The lowest BCUT2D eigenvalue weighted by Crippen LogP contribution is -2.15. The van der Waals surface area contributed by atoms with Crippen LogP contribution in [-0.4, -0.2) is 36.3 Å². The monoisotopic (exact) mass is 447 g/mol. The van der Waals surface area contributed by atoms with E-state index in [0.717, 1.165) is 0 Å². The van der Waals surface area contributed by atoms with Gasteiger partial charge in [-0.3, -0.25) is 4.79 Å². The van der Waals surface area contributed by atoms with Crippen LogP contribution in [0, 0.1) is 25.5 Å². The van der Waals surface area contributed by atoms with Gasteiger partial charge in [-0.15, -0.1) is 5.10 Å². The molecule has 1 N–H and O–H groups in total. The summed E-state index contributed by atoms with van der Waals surface area (Å²) < 4.78 is 34.6. The highest BCUT2D eigenvalue weighted by atomic mass is 19.1. The second-order valence-electron chi connectivity index (χ2n) is 7.27. The van der Waals surface area contributed by atoms with Crippen molar-refractivity contribution in [1.82, 2.24) is 30.3 Å². The van der Waals surface area contributed by atoms with Crippen LogP contribution < -0.4 is 5.32 Å². The number of aryl methyl sites for hydroxylation is 2. The summed E-state index contributed by atoms with van der Waals surface area (Å²) in [6.45, 7) is 3.37. The summed E-state index contributed by atoms with van der Waals surface area (Å²) in [4.78, 5) is 17.6. The Morgan fingerprint density at radius 3 is 2.58 bits per heavy atom. The molecule has 2 aromatic carbocycles. The Bertz CT molecular complexity index is 1510. The van der Waals surface area contributed by atoms with Crippen molar-refractivity contribution in [1.29, 1.82) is 0 Å². The number of pyridine rings is 1. The number of halogens is 2. The van der Waals surface area contributed by atoms with Crippen LogP contribution >= 0.6 is 0 Å². The van der Waals surface area contributed by atoms with Crippen molar-refractivity contribution in [2.45, 2.75) is 13.8 Å². The lowest BCUT2D eigenvalue weighted by Gasteiger charge is -2.11. The maximum atomic E-state index is 14.5. The Labute approximate surface area is 185 Å². The van der Waals surface area contributed by atoms with E-state index in [2.05, 4.69) is 31.0 Å². The van der Waals surface area contributed by atoms with E-state index >= 15 is 0 Å². The Kier molecular flexibility index (Phi) is 4.85. The van der Waals surface area contributed by atoms with E-state index in [1.165, 1.54) is 53.2 Å². The molecular formula is C22H15F2N7O2. The Morgan fingerprint density at radius 1 is 1.06 bits per heavy atom. The lowest BCUT2D eigenvalue weighted by molar-refractivity contribution is 0.102. The normalized spacial score (nSPS) is 11.2. The molecule has 33 heavy (non-hydrogen) atoms. The number of anilines is 1. The van der Waals surface area contributed by atoms with Crippen molar-refractivity contribution >= 4 is 22.7 Å². The van der Waals surface area contributed by atoms with Gasteiger partial charge < -0.3 is 9.84 Å². The van der Waals surface area contributed by atoms with E-state index in [1.807, 2.05) is 0 Å². The number of aromatic nitrogens is 6. The molecule has 0 saturated heterocycles. The highest BCUT2D eigenvalue weighted by Gasteiger charge is 2.21. The Balaban J connectivity index is 1.57. The maximum absolute atomic E-state index is 14.5. The minimum atomic E-state index is -0.635. The quantitative estimate of drug-likeness (QED) is 0.443. The van der Waals surface area contributed by atoms with Crippen LogP contribution in [0.3, 0.4) is 0 Å². The van der Waals surface area contributed by atoms with Crippen LogP contribution in [-0.2, 0) is 0 Å². The third-order valence-corrected chi connectivity index (χ3v) is 5.07. The van der Waals surface area contributed by atoms with Gasteiger partial charge in [-0.05, 0) is 72.8 Å². The molecule has 0 unspecified atom stereocenters. The van der Waals surface area contributed by atoms with Gasteiger partial charge in [-0.25, -0.2) is 13.8 Å². The number of amides is 1. The van der Waals surface area contributed by atoms with Crippen molar-refractivity contribution < 1.29 is 18.1 Å². The number of rotatable bonds is 4. The number of hydrogen-bond donors (Lipinski definition) is 1. The minimum Gasteiger partial charge on any atom is -0.335 e. The molecule has 3 heterocycles. The molecule has 11 heteroatoms. The van der Waals surface area contributed by atoms with Crippen molar-refractivity contribution in [2.75, 3.05) is 5.32 Å². The zero-order valence-electron chi connectivity index (χ0n) is 17.4. The number of nitrogens with one attached hydrogen (secondary N) is 1. The van der Waals surface area contributed by atoms with Crippen LogP contribution in [0.25, 0.3) is 28.0 Å². The Hall–Kier alpha value is -4.54. The molecule has 1 amide bonds. The lowest BCUT2D eigenvalue weighted by atomic mass is 10.0. The largest absolute Gasteiger partial charge is 0.335 e. The Morgan fingerprint density at radius 2 is 1.85 bits per heavy atom. The number of tetrazole rings is 1. The average molecular weight is 447 g/mol. The summed E-state index contributed by atoms with van der Waals surface area (Å²) in [5.41, 5.74) is 2.13. The maximum Gasteiger partial charge on any atom is 0.259 e. The number of carbonyl (C=O) groups is 1. The standard InChI is InChI=1S/C22H15F2N7O2/c1-11-20-16(10-18(26-22(20)33-28-11)13-3-5-14(23)6-4-13)21(32)25-19-9-15(7-8-17(19)24)31-12(2)27-29-30-31/h3-10H,1-2H3,(H,25,32). The van der Waals surface area contributed by atoms with E-state index in [-0.39, 0.29) is 17.0 Å². The third kappa shape index (κ3) is 3.69. The van der Waals surface area contributed by atoms with Gasteiger partial charge in [0.2, 0.25) is 0 Å². The van der Waals surface area contributed by atoms with Crippen LogP contribution in [0.2, 0.25) is 0 Å². The van der Waals surface area contributed by atoms with Crippen molar-refractivity contribution in [3.05, 3.63) is 77.2 Å². The molecule has 3 aromatic heterocycles. The first-order valence-corrected chi connectivity index (χ1v) is 9.80. The van der Waals surface area contributed by atoms with Crippen LogP contribution in [0.1, 0.15) is 21.9 Å². The summed E-state index contributed by atoms with van der Waals surface area (Å²) in [5.74, 6) is -1.13. The predicted molar refractivity (Wildman–Crippen MR) is 114 cm³/mol. The first kappa shape index (κ1) is 20.4. The van der Waals surface area contributed by atoms with Gasteiger partial charge in [0.05, 0.1) is 33.7 Å². The number of hydrogen-bond acceptors (Lipinski definition) is 7. The molecule has 0 aliphatic carbocycles. The van der Waals surface area contributed by atoms with Gasteiger partial charge in [0.25, 0.3) is 11.6 Å². The van der Waals surface area contributed by atoms with E-state index in [0.29, 0.717) is 33.8 Å². The molecule has 0 aliphatic rings. The summed E-state index contributed by atoms with van der Waals surface area (Å²) in [6.07, 6.45) is 0. The summed E-state index contributed by atoms with van der Waals surface area (Å²) in [5, 5.41) is 18.1. The number of fused-ring (bicyclic) bond motifs is 1. The smallest absolute Gasteiger partial charge is 0.259 e. The van der Waals surface area contributed by atoms with Crippen LogP contribution in [0.4, 0.5) is 14.5 Å². The second-order valence-corrected chi connectivity index (χ2v) is 7.27. The van der Waals surface area contributed by atoms with Gasteiger partial charge in [0.15, 0.2) is 5.82 Å². The topological polar surface area (TPSA) is 112 Å². The van der Waals surface area contributed by atoms with E-state index in [4.69, 9.17) is 4.52 Å². The molecule has 0 atom stereocenters. The second kappa shape index (κ2) is 7.86. The SMILES string of the molecule is Cc1noc2nc(-c3ccc(F)cc3)cc(C(=O)Nc3cc(-n4nnnc4C)ccc3F)c12. The highest BCUT2D eigenvalue weighted by Crippen LogP contribution is 2.28. The zero-order valence-corrected chi connectivity index (χ0v) is 17.4. The highest BCUT2D eigenvalue weighted by molar-refractivity contribution is 6.13. The van der Waals surface area contributed by atoms with Gasteiger partial charge in [0.1, 0.15) is 11.6 Å². The average Bonchev–Trinajstić information content (AvgIpc) is 3.40. The van der Waals surface area contributed by atoms with E-state index in [1.54, 1.807) is 13.8 Å².